The number of pyridine rings is 2. The number of anilines is 2. The number of likely N-dealkylation sites (N-methyl/N-ethyl adjacent to an activating group) is 1. The quantitative estimate of drug-likeness (QED) is 0.315. The number of ether oxygens (including phenoxy) is 1. The van der Waals surface area contributed by atoms with Crippen LogP contribution in [-0.2, 0) is 0 Å². The fourth-order valence-electron chi connectivity index (χ4n) is 3.93. The number of nitrogens with zero attached hydrogens (tertiary/aromatic N) is 3. The lowest BCUT2D eigenvalue weighted by Crippen LogP contribution is -2.67. The van der Waals surface area contributed by atoms with Crippen molar-refractivity contribution in [2.45, 2.75) is 25.5 Å². The van der Waals surface area contributed by atoms with Gasteiger partial charge in [0.15, 0.2) is 11.6 Å². The molecule has 1 aliphatic heterocycles. The number of rotatable bonds is 7. The molecular weight excluding hydrogens is 478 g/mol. The second-order valence-corrected chi connectivity index (χ2v) is 9.41. The lowest BCUT2D eigenvalue weighted by molar-refractivity contribution is 0.216. The summed E-state index contributed by atoms with van der Waals surface area (Å²) < 4.78 is 20.5. The highest BCUT2D eigenvalue weighted by atomic mass is 35.5. The maximum absolute atomic E-state index is 14.7. The van der Waals surface area contributed by atoms with Crippen molar-refractivity contribution in [3.05, 3.63) is 75.4 Å². The maximum atomic E-state index is 14.7. The molecule has 3 aromatic rings. The number of nitrogen functional groups attached to an aromatic ring is 1. The first kappa shape index (κ1) is 24.2. The van der Waals surface area contributed by atoms with Crippen molar-refractivity contribution < 1.29 is 9.13 Å². The van der Waals surface area contributed by atoms with Crippen LogP contribution in [0.5, 0.6) is 5.75 Å². The second kappa shape index (κ2) is 9.37. The third-order valence-electron chi connectivity index (χ3n) is 6.02. The molecule has 0 aliphatic carbocycles. The minimum absolute atomic E-state index is 0.0677. The molecule has 0 saturated carbocycles. The summed E-state index contributed by atoms with van der Waals surface area (Å²) in [4.78, 5) is 10.6. The molecule has 1 aromatic carbocycles. The van der Waals surface area contributed by atoms with E-state index in [0.717, 1.165) is 25.0 Å². The zero-order valence-corrected chi connectivity index (χ0v) is 20.5. The van der Waals surface area contributed by atoms with Crippen LogP contribution in [0.2, 0.25) is 10.0 Å². The standard InChI is InChI=1S/C24H25Cl2FN6O/c1-13(22-16(25)9-31-10-17(22)26)34-20-6-15(19(28)7-18(20)27)23(29)14-4-5-21(32-8-14)33-11-24(2,12-33)30-3/h4-10,13,29-30H,11-12,28H2,1-3H3/t13-/m1/s1. The van der Waals surface area contributed by atoms with Gasteiger partial charge in [-0.2, -0.15) is 0 Å². The summed E-state index contributed by atoms with van der Waals surface area (Å²) in [6, 6.07) is 6.23. The third kappa shape index (κ3) is 4.66. The molecule has 34 heavy (non-hydrogen) atoms. The summed E-state index contributed by atoms with van der Waals surface area (Å²) in [5.41, 5.74) is 7.74. The molecule has 1 fully saturated rings. The Hall–Kier alpha value is -2.94. The smallest absolute Gasteiger partial charge is 0.167 e. The lowest BCUT2D eigenvalue weighted by atomic mass is 9.92. The van der Waals surface area contributed by atoms with Crippen LogP contribution in [0, 0.1) is 11.2 Å². The van der Waals surface area contributed by atoms with Gasteiger partial charge < -0.3 is 20.7 Å². The van der Waals surface area contributed by atoms with E-state index in [1.165, 1.54) is 18.5 Å². The monoisotopic (exact) mass is 502 g/mol. The van der Waals surface area contributed by atoms with E-state index >= 15 is 0 Å². The lowest BCUT2D eigenvalue weighted by Gasteiger charge is -2.48. The molecular formula is C24H25Cl2FN6O. The van der Waals surface area contributed by atoms with Crippen molar-refractivity contribution in [1.29, 1.82) is 5.41 Å². The van der Waals surface area contributed by atoms with Crippen molar-refractivity contribution in [3.8, 4) is 5.75 Å². The summed E-state index contributed by atoms with van der Waals surface area (Å²) in [5.74, 6) is 0.114. The van der Waals surface area contributed by atoms with Crippen LogP contribution in [0.25, 0.3) is 0 Å². The van der Waals surface area contributed by atoms with Crippen LogP contribution >= 0.6 is 23.2 Å². The molecule has 2 aromatic heterocycles. The molecule has 4 rings (SSSR count). The number of benzene rings is 1. The molecule has 1 aliphatic rings. The number of hydrogen-bond acceptors (Lipinski definition) is 7. The number of hydrogen-bond donors (Lipinski definition) is 3. The Labute approximate surface area is 207 Å². The molecule has 1 atom stereocenters. The van der Waals surface area contributed by atoms with E-state index in [0.29, 0.717) is 26.7 Å². The van der Waals surface area contributed by atoms with Crippen molar-refractivity contribution >= 4 is 40.4 Å². The summed E-state index contributed by atoms with van der Waals surface area (Å²) in [6.45, 7) is 5.55. The van der Waals surface area contributed by atoms with Gasteiger partial charge in [-0.15, -0.1) is 0 Å². The predicted molar refractivity (Wildman–Crippen MR) is 134 cm³/mol. The SMILES string of the molecule is CNC1(C)CN(c2ccc(C(=N)c3cc(O[C@H](C)c4c(Cl)cncc4Cl)c(F)cc3N)cn2)C1. The topological polar surface area (TPSA) is 100 Å². The minimum atomic E-state index is -0.663. The summed E-state index contributed by atoms with van der Waals surface area (Å²) >= 11 is 12.4. The Morgan fingerprint density at radius 1 is 1.24 bits per heavy atom. The fraction of sp³-hybridized carbons (Fsp3) is 0.292. The van der Waals surface area contributed by atoms with Gasteiger partial charge in [0.05, 0.1) is 21.3 Å². The van der Waals surface area contributed by atoms with E-state index in [4.69, 9.17) is 39.1 Å². The van der Waals surface area contributed by atoms with E-state index in [1.807, 2.05) is 19.2 Å². The predicted octanol–water partition coefficient (Wildman–Crippen LogP) is 4.86. The molecule has 4 N–H and O–H groups in total. The van der Waals surface area contributed by atoms with Gasteiger partial charge in [0, 0.05) is 60.1 Å². The van der Waals surface area contributed by atoms with Gasteiger partial charge in [-0.25, -0.2) is 9.37 Å². The molecule has 7 nitrogen and oxygen atoms in total. The molecule has 1 saturated heterocycles. The maximum Gasteiger partial charge on any atom is 0.167 e. The van der Waals surface area contributed by atoms with E-state index in [2.05, 4.69) is 27.1 Å². The van der Waals surface area contributed by atoms with Crippen molar-refractivity contribution in [3.63, 3.8) is 0 Å². The van der Waals surface area contributed by atoms with Crippen LogP contribution in [0.4, 0.5) is 15.9 Å². The number of halogens is 3. The second-order valence-electron chi connectivity index (χ2n) is 8.59. The first-order chi connectivity index (χ1) is 16.1. The highest BCUT2D eigenvalue weighted by molar-refractivity contribution is 6.35. The molecule has 10 heteroatoms. The molecule has 0 spiro atoms. The average molecular weight is 503 g/mol. The largest absolute Gasteiger partial charge is 0.483 e. The summed E-state index contributed by atoms with van der Waals surface area (Å²) in [6.07, 6.45) is 3.84. The number of aromatic nitrogens is 2. The van der Waals surface area contributed by atoms with Gasteiger partial charge in [-0.1, -0.05) is 23.2 Å². The Bertz CT molecular complexity index is 1210. The van der Waals surface area contributed by atoms with Gasteiger partial charge in [0.1, 0.15) is 11.9 Å². The van der Waals surface area contributed by atoms with Gasteiger partial charge in [-0.05, 0) is 39.1 Å². The zero-order chi connectivity index (χ0) is 24.6. The average Bonchev–Trinajstić information content (AvgIpc) is 2.78. The molecule has 0 radical (unpaired) electrons. The van der Waals surface area contributed by atoms with E-state index in [9.17, 15) is 4.39 Å². The highest BCUT2D eigenvalue weighted by Crippen LogP contribution is 2.35. The van der Waals surface area contributed by atoms with Gasteiger partial charge in [0.25, 0.3) is 0 Å². The molecule has 3 heterocycles. The van der Waals surface area contributed by atoms with Gasteiger partial charge in [-0.3, -0.25) is 10.4 Å². The van der Waals surface area contributed by atoms with E-state index < -0.39 is 11.9 Å². The fourth-order valence-corrected chi connectivity index (χ4v) is 4.60. The first-order valence-corrected chi connectivity index (χ1v) is 11.4. The summed E-state index contributed by atoms with van der Waals surface area (Å²) in [7, 11) is 1.95. The first-order valence-electron chi connectivity index (χ1n) is 10.7. The Morgan fingerprint density at radius 3 is 2.50 bits per heavy atom. The molecule has 0 bridgehead atoms. The van der Waals surface area contributed by atoms with Crippen LogP contribution in [0.1, 0.15) is 36.6 Å². The van der Waals surface area contributed by atoms with Crippen molar-refractivity contribution in [2.24, 2.45) is 0 Å². The molecule has 178 valence electrons. The Kier molecular flexibility index (Phi) is 6.66. The van der Waals surface area contributed by atoms with Gasteiger partial charge in [0.2, 0.25) is 0 Å². The number of nitrogens with one attached hydrogen (secondary N) is 2. The third-order valence-corrected chi connectivity index (χ3v) is 6.62. The van der Waals surface area contributed by atoms with Crippen LogP contribution in [0.15, 0.2) is 42.9 Å². The van der Waals surface area contributed by atoms with Gasteiger partial charge >= 0.3 is 0 Å². The van der Waals surface area contributed by atoms with Crippen molar-refractivity contribution in [2.75, 3.05) is 30.8 Å². The van der Waals surface area contributed by atoms with E-state index in [-0.39, 0.29) is 22.7 Å². The zero-order valence-electron chi connectivity index (χ0n) is 19.0. The highest BCUT2D eigenvalue weighted by Gasteiger charge is 2.37. The van der Waals surface area contributed by atoms with Crippen LogP contribution < -0.4 is 20.7 Å². The summed E-state index contributed by atoms with van der Waals surface area (Å²) in [5, 5.41) is 12.6. The molecule has 0 unspecified atom stereocenters. The Morgan fingerprint density at radius 2 is 1.91 bits per heavy atom. The molecule has 0 amide bonds. The van der Waals surface area contributed by atoms with Crippen molar-refractivity contribution in [1.82, 2.24) is 15.3 Å². The normalized spacial score (nSPS) is 15.5. The number of nitrogens with two attached hydrogens (primary N) is 1. The Balaban J connectivity index is 1.55. The minimum Gasteiger partial charge on any atom is -0.483 e. The van der Waals surface area contributed by atoms with E-state index in [1.54, 1.807) is 13.1 Å². The van der Waals surface area contributed by atoms with Crippen LogP contribution in [0.3, 0.4) is 0 Å². The van der Waals surface area contributed by atoms with Crippen LogP contribution in [-0.4, -0.2) is 41.4 Å².